The van der Waals surface area contributed by atoms with E-state index in [1.807, 2.05) is 30.3 Å². The molecule has 1 heterocycles. The van der Waals surface area contributed by atoms with E-state index in [4.69, 9.17) is 4.74 Å². The van der Waals surface area contributed by atoms with Gasteiger partial charge in [0.25, 0.3) is 0 Å². The third kappa shape index (κ3) is 6.57. The van der Waals surface area contributed by atoms with Gasteiger partial charge in [-0.05, 0) is 54.1 Å². The minimum absolute atomic E-state index is 0.233. The number of carbonyl (C=O) groups is 3. The van der Waals surface area contributed by atoms with Crippen molar-refractivity contribution in [3.05, 3.63) is 90.2 Å². The number of carbonyl (C=O) groups excluding carboxylic acids is 3. The van der Waals surface area contributed by atoms with E-state index in [1.54, 1.807) is 24.3 Å². The van der Waals surface area contributed by atoms with Crippen LogP contribution in [0, 0.1) is 5.82 Å². The molecule has 3 N–H and O–H groups in total. The lowest BCUT2D eigenvalue weighted by Gasteiger charge is -2.34. The van der Waals surface area contributed by atoms with E-state index in [1.165, 1.54) is 29.2 Å². The van der Waals surface area contributed by atoms with Crippen LogP contribution in [0.2, 0.25) is 0 Å². The van der Waals surface area contributed by atoms with Crippen molar-refractivity contribution >= 4 is 29.2 Å². The Labute approximate surface area is 202 Å². The van der Waals surface area contributed by atoms with Crippen LogP contribution >= 0.6 is 0 Å². The number of hydrogen-bond acceptors (Lipinski definition) is 4. The number of anilines is 2. The van der Waals surface area contributed by atoms with Crippen LogP contribution in [0.3, 0.4) is 0 Å². The van der Waals surface area contributed by atoms with Crippen LogP contribution < -0.4 is 20.7 Å². The van der Waals surface area contributed by atoms with E-state index in [-0.39, 0.29) is 19.5 Å². The van der Waals surface area contributed by atoms with E-state index in [0.717, 1.165) is 5.56 Å². The molecule has 0 spiro atoms. The summed E-state index contributed by atoms with van der Waals surface area (Å²) in [4.78, 5) is 39.2. The normalized spacial score (nSPS) is 15.2. The molecule has 8 nitrogen and oxygen atoms in total. The zero-order valence-electron chi connectivity index (χ0n) is 18.9. The van der Waals surface area contributed by atoms with Gasteiger partial charge in [-0.3, -0.25) is 9.59 Å². The summed E-state index contributed by atoms with van der Waals surface area (Å²) < 4.78 is 18.8. The first-order valence-corrected chi connectivity index (χ1v) is 11.2. The largest absolute Gasteiger partial charge is 0.489 e. The number of benzene rings is 3. The third-order valence-corrected chi connectivity index (χ3v) is 5.45. The van der Waals surface area contributed by atoms with Crippen LogP contribution in [0.1, 0.15) is 12.0 Å². The van der Waals surface area contributed by atoms with Crippen molar-refractivity contribution in [3.8, 4) is 5.75 Å². The predicted octanol–water partition coefficient (Wildman–Crippen LogP) is 3.77. The van der Waals surface area contributed by atoms with Gasteiger partial charge in [-0.2, -0.15) is 0 Å². The minimum Gasteiger partial charge on any atom is -0.489 e. The summed E-state index contributed by atoms with van der Waals surface area (Å²) in [5.41, 5.74) is 1.98. The summed E-state index contributed by atoms with van der Waals surface area (Å²) in [5.74, 6) is -0.644. The first-order valence-electron chi connectivity index (χ1n) is 11.2. The van der Waals surface area contributed by atoms with Crippen LogP contribution in [-0.2, 0) is 16.2 Å². The standard InChI is InChI=1S/C26H25FN4O4/c27-19-6-8-20(9-7-19)29-24(32)16-23-25(33)28-14-15-31(23)26(34)30-21-10-12-22(13-11-21)35-17-18-4-2-1-3-5-18/h1-13,23H,14-17H2,(H,28,33)(H,29,32)(H,30,34)/t23-/m1/s1. The molecular formula is C26H25FN4O4. The zero-order chi connectivity index (χ0) is 24.6. The van der Waals surface area contributed by atoms with Gasteiger partial charge >= 0.3 is 6.03 Å². The van der Waals surface area contributed by atoms with Crippen LogP contribution in [0.15, 0.2) is 78.9 Å². The van der Waals surface area contributed by atoms with E-state index < -0.39 is 29.7 Å². The van der Waals surface area contributed by atoms with Crippen molar-refractivity contribution in [2.45, 2.75) is 19.1 Å². The van der Waals surface area contributed by atoms with E-state index in [2.05, 4.69) is 16.0 Å². The van der Waals surface area contributed by atoms with Crippen molar-refractivity contribution in [1.82, 2.24) is 10.2 Å². The van der Waals surface area contributed by atoms with Crippen LogP contribution in [0.5, 0.6) is 5.75 Å². The molecule has 9 heteroatoms. The monoisotopic (exact) mass is 476 g/mol. The van der Waals surface area contributed by atoms with Gasteiger partial charge < -0.3 is 25.6 Å². The number of urea groups is 1. The highest BCUT2D eigenvalue weighted by molar-refractivity contribution is 5.99. The Balaban J connectivity index is 1.34. The molecule has 180 valence electrons. The maximum Gasteiger partial charge on any atom is 0.322 e. The maximum atomic E-state index is 13.1. The molecule has 0 unspecified atom stereocenters. The number of rotatable bonds is 7. The molecule has 0 saturated carbocycles. The highest BCUT2D eigenvalue weighted by atomic mass is 19.1. The predicted molar refractivity (Wildman–Crippen MR) is 129 cm³/mol. The number of nitrogens with zero attached hydrogens (tertiary/aromatic N) is 1. The molecular weight excluding hydrogens is 451 g/mol. The molecule has 1 aliphatic heterocycles. The molecule has 1 saturated heterocycles. The zero-order valence-corrected chi connectivity index (χ0v) is 18.9. The van der Waals surface area contributed by atoms with Gasteiger partial charge in [-0.1, -0.05) is 30.3 Å². The molecule has 0 bridgehead atoms. The average Bonchev–Trinajstić information content (AvgIpc) is 2.87. The smallest absolute Gasteiger partial charge is 0.322 e. The molecule has 4 amide bonds. The van der Waals surface area contributed by atoms with Crippen LogP contribution in [-0.4, -0.2) is 41.9 Å². The summed E-state index contributed by atoms with van der Waals surface area (Å²) in [6.07, 6.45) is -0.233. The third-order valence-electron chi connectivity index (χ3n) is 5.45. The summed E-state index contributed by atoms with van der Waals surface area (Å²) >= 11 is 0. The van der Waals surface area contributed by atoms with Gasteiger partial charge in [-0.25, -0.2) is 9.18 Å². The second-order valence-electron chi connectivity index (χ2n) is 7.99. The minimum atomic E-state index is -0.974. The van der Waals surface area contributed by atoms with Crippen molar-refractivity contribution in [2.75, 3.05) is 23.7 Å². The summed E-state index contributed by atoms with van der Waals surface area (Å²) in [7, 11) is 0. The lowest BCUT2D eigenvalue weighted by atomic mass is 10.1. The van der Waals surface area contributed by atoms with Crippen molar-refractivity contribution in [1.29, 1.82) is 0 Å². The van der Waals surface area contributed by atoms with E-state index in [0.29, 0.717) is 23.7 Å². The van der Waals surface area contributed by atoms with Gasteiger partial charge in [0.05, 0.1) is 6.42 Å². The number of ether oxygens (including phenoxy) is 1. The Hall–Kier alpha value is -4.40. The molecule has 1 fully saturated rings. The van der Waals surface area contributed by atoms with Gasteiger partial charge in [0.2, 0.25) is 11.8 Å². The first kappa shape index (κ1) is 23.7. The maximum absolute atomic E-state index is 13.1. The molecule has 0 aromatic heterocycles. The Morgan fingerprint density at radius 1 is 0.943 bits per heavy atom. The fourth-order valence-electron chi connectivity index (χ4n) is 3.65. The Kier molecular flexibility index (Phi) is 7.57. The lowest BCUT2D eigenvalue weighted by Crippen LogP contribution is -2.59. The number of piperazine rings is 1. The highest BCUT2D eigenvalue weighted by Gasteiger charge is 2.34. The first-order chi connectivity index (χ1) is 17.0. The molecule has 1 atom stereocenters. The molecule has 4 rings (SSSR count). The van der Waals surface area contributed by atoms with Gasteiger partial charge in [0, 0.05) is 24.5 Å². The van der Waals surface area contributed by atoms with Gasteiger partial charge in [0.15, 0.2) is 0 Å². The van der Waals surface area contributed by atoms with Crippen molar-refractivity contribution in [2.24, 2.45) is 0 Å². The molecule has 0 aliphatic carbocycles. The van der Waals surface area contributed by atoms with Crippen molar-refractivity contribution in [3.63, 3.8) is 0 Å². The van der Waals surface area contributed by atoms with Crippen molar-refractivity contribution < 1.29 is 23.5 Å². The number of hydrogen-bond donors (Lipinski definition) is 3. The highest BCUT2D eigenvalue weighted by Crippen LogP contribution is 2.19. The quantitative estimate of drug-likeness (QED) is 0.483. The Morgan fingerprint density at radius 3 is 2.31 bits per heavy atom. The molecule has 3 aromatic rings. The summed E-state index contributed by atoms with van der Waals surface area (Å²) in [5, 5.41) is 8.07. The summed E-state index contributed by atoms with van der Waals surface area (Å²) in [6.45, 7) is 0.968. The van der Waals surface area contributed by atoms with Gasteiger partial charge in [0.1, 0.15) is 24.2 Å². The molecule has 3 aromatic carbocycles. The fraction of sp³-hybridized carbons (Fsp3) is 0.192. The van der Waals surface area contributed by atoms with Gasteiger partial charge in [-0.15, -0.1) is 0 Å². The Morgan fingerprint density at radius 2 is 1.60 bits per heavy atom. The lowest BCUT2D eigenvalue weighted by molar-refractivity contribution is -0.130. The molecule has 35 heavy (non-hydrogen) atoms. The fourth-order valence-corrected chi connectivity index (χ4v) is 3.65. The summed E-state index contributed by atoms with van der Waals surface area (Å²) in [6, 6.07) is 20.5. The average molecular weight is 477 g/mol. The molecule has 0 radical (unpaired) electrons. The van der Waals surface area contributed by atoms with Crippen LogP contribution in [0.25, 0.3) is 0 Å². The van der Waals surface area contributed by atoms with E-state index >= 15 is 0 Å². The Bertz CT molecular complexity index is 1170. The second kappa shape index (κ2) is 11.1. The topological polar surface area (TPSA) is 99.8 Å². The SMILES string of the molecule is O=C(C[C@@H]1C(=O)NCCN1C(=O)Nc1ccc(OCc2ccccc2)cc1)Nc1ccc(F)cc1. The number of amides is 4. The molecule has 1 aliphatic rings. The second-order valence-corrected chi connectivity index (χ2v) is 7.99. The number of halogens is 1. The van der Waals surface area contributed by atoms with Crippen LogP contribution in [0.4, 0.5) is 20.6 Å². The van der Waals surface area contributed by atoms with E-state index in [9.17, 15) is 18.8 Å². The number of nitrogens with one attached hydrogen (secondary N) is 3.